The van der Waals surface area contributed by atoms with Crippen LogP contribution in [-0.4, -0.2) is 59.2 Å². The SMILES string of the molecule is COc1ccc(C(=O)Nc2ccc(C)c(S(=O)(=O)N3CCOCC3)c2)c(OC)c1. The molecular formula is C20H24N2O6S. The van der Waals surface area contributed by atoms with E-state index in [0.29, 0.717) is 54.6 Å². The number of ether oxygens (including phenoxy) is 3. The van der Waals surface area contributed by atoms with Crippen LogP contribution in [0.4, 0.5) is 5.69 Å². The van der Waals surface area contributed by atoms with Crippen LogP contribution >= 0.6 is 0 Å². The Kier molecular flexibility index (Phi) is 6.41. The highest BCUT2D eigenvalue weighted by atomic mass is 32.2. The van der Waals surface area contributed by atoms with Gasteiger partial charge in [-0.05, 0) is 36.8 Å². The molecule has 0 saturated carbocycles. The molecule has 1 fully saturated rings. The summed E-state index contributed by atoms with van der Waals surface area (Å²) in [6.07, 6.45) is 0. The molecule has 1 saturated heterocycles. The van der Waals surface area contributed by atoms with E-state index < -0.39 is 15.9 Å². The quantitative estimate of drug-likeness (QED) is 0.771. The summed E-state index contributed by atoms with van der Waals surface area (Å²) in [7, 11) is -0.689. The fourth-order valence-corrected chi connectivity index (χ4v) is 4.73. The molecule has 2 aromatic rings. The van der Waals surface area contributed by atoms with Crippen LogP contribution in [0, 0.1) is 6.92 Å². The molecule has 3 rings (SSSR count). The molecule has 29 heavy (non-hydrogen) atoms. The zero-order valence-corrected chi connectivity index (χ0v) is 17.4. The van der Waals surface area contributed by atoms with Gasteiger partial charge in [-0.1, -0.05) is 6.07 Å². The van der Waals surface area contributed by atoms with Gasteiger partial charge in [0, 0.05) is 24.8 Å². The van der Waals surface area contributed by atoms with Crippen LogP contribution in [0.2, 0.25) is 0 Å². The molecule has 0 radical (unpaired) electrons. The Morgan fingerprint density at radius 2 is 1.79 bits per heavy atom. The Morgan fingerprint density at radius 3 is 2.45 bits per heavy atom. The Morgan fingerprint density at radius 1 is 1.07 bits per heavy atom. The normalized spacial score (nSPS) is 15.0. The number of amides is 1. The maximum atomic E-state index is 13.0. The highest BCUT2D eigenvalue weighted by Crippen LogP contribution is 2.27. The third-order valence-corrected chi connectivity index (χ3v) is 6.73. The van der Waals surface area contributed by atoms with E-state index in [1.807, 2.05) is 0 Å². The van der Waals surface area contributed by atoms with Crippen molar-refractivity contribution in [3.8, 4) is 11.5 Å². The largest absolute Gasteiger partial charge is 0.497 e. The zero-order valence-electron chi connectivity index (χ0n) is 16.6. The number of methoxy groups -OCH3 is 2. The average molecular weight is 420 g/mol. The van der Waals surface area contributed by atoms with E-state index in [9.17, 15) is 13.2 Å². The second kappa shape index (κ2) is 8.81. The third kappa shape index (κ3) is 4.52. The smallest absolute Gasteiger partial charge is 0.259 e. The summed E-state index contributed by atoms with van der Waals surface area (Å²) in [5.41, 5.74) is 1.30. The third-order valence-electron chi connectivity index (χ3n) is 4.69. The topological polar surface area (TPSA) is 94.2 Å². The van der Waals surface area contributed by atoms with Crippen LogP contribution in [0.1, 0.15) is 15.9 Å². The van der Waals surface area contributed by atoms with Crippen LogP contribution < -0.4 is 14.8 Å². The first-order valence-electron chi connectivity index (χ1n) is 9.08. The lowest BCUT2D eigenvalue weighted by atomic mass is 10.1. The first kappa shape index (κ1) is 21.1. The number of hydrogen-bond acceptors (Lipinski definition) is 6. The number of nitrogens with zero attached hydrogens (tertiary/aromatic N) is 1. The van der Waals surface area contributed by atoms with E-state index in [0.717, 1.165) is 0 Å². The van der Waals surface area contributed by atoms with Crippen molar-refractivity contribution in [2.24, 2.45) is 0 Å². The molecule has 0 unspecified atom stereocenters. The molecule has 0 aromatic heterocycles. The van der Waals surface area contributed by atoms with Crippen molar-refractivity contribution in [3.05, 3.63) is 47.5 Å². The summed E-state index contributed by atoms with van der Waals surface area (Å²) in [5, 5.41) is 2.75. The van der Waals surface area contributed by atoms with Crippen molar-refractivity contribution in [2.45, 2.75) is 11.8 Å². The van der Waals surface area contributed by atoms with Crippen molar-refractivity contribution in [1.29, 1.82) is 0 Å². The number of aryl methyl sites for hydroxylation is 1. The lowest BCUT2D eigenvalue weighted by Gasteiger charge is -2.26. The molecule has 8 nitrogen and oxygen atoms in total. The lowest BCUT2D eigenvalue weighted by molar-refractivity contribution is 0.0730. The van der Waals surface area contributed by atoms with E-state index in [2.05, 4.69) is 5.32 Å². The van der Waals surface area contributed by atoms with Gasteiger partial charge in [-0.15, -0.1) is 0 Å². The molecule has 1 amide bonds. The number of rotatable bonds is 6. The molecule has 1 aliphatic rings. The Hall–Kier alpha value is -2.62. The summed E-state index contributed by atoms with van der Waals surface area (Å²) in [5.74, 6) is 0.505. The summed E-state index contributed by atoms with van der Waals surface area (Å²) < 4.78 is 43.1. The van der Waals surface area contributed by atoms with Crippen molar-refractivity contribution in [2.75, 3.05) is 45.8 Å². The predicted octanol–water partition coefficient (Wildman–Crippen LogP) is 2.29. The molecule has 2 aromatic carbocycles. The second-order valence-electron chi connectivity index (χ2n) is 6.52. The van der Waals surface area contributed by atoms with Crippen molar-refractivity contribution in [1.82, 2.24) is 4.31 Å². The number of anilines is 1. The fraction of sp³-hybridized carbons (Fsp3) is 0.350. The van der Waals surface area contributed by atoms with E-state index >= 15 is 0 Å². The molecule has 156 valence electrons. The Labute approximate surface area is 170 Å². The minimum absolute atomic E-state index is 0.166. The highest BCUT2D eigenvalue weighted by molar-refractivity contribution is 7.89. The van der Waals surface area contributed by atoms with Crippen molar-refractivity contribution >= 4 is 21.6 Å². The number of hydrogen-bond donors (Lipinski definition) is 1. The molecule has 0 atom stereocenters. The van der Waals surface area contributed by atoms with Gasteiger partial charge in [-0.25, -0.2) is 8.42 Å². The monoisotopic (exact) mass is 420 g/mol. The van der Waals surface area contributed by atoms with Gasteiger partial charge in [-0.2, -0.15) is 4.31 Å². The number of sulfonamides is 1. The van der Waals surface area contributed by atoms with Gasteiger partial charge in [0.05, 0.1) is 37.9 Å². The van der Waals surface area contributed by atoms with Crippen LogP contribution in [0.3, 0.4) is 0 Å². The van der Waals surface area contributed by atoms with Gasteiger partial charge in [0.25, 0.3) is 5.91 Å². The minimum Gasteiger partial charge on any atom is -0.497 e. The van der Waals surface area contributed by atoms with E-state index in [1.54, 1.807) is 37.3 Å². The van der Waals surface area contributed by atoms with E-state index in [4.69, 9.17) is 14.2 Å². The van der Waals surface area contributed by atoms with Crippen LogP contribution in [0.25, 0.3) is 0 Å². The number of morpholine rings is 1. The van der Waals surface area contributed by atoms with Crippen molar-refractivity contribution in [3.63, 3.8) is 0 Å². The molecule has 0 spiro atoms. The molecule has 9 heteroatoms. The minimum atomic E-state index is -3.68. The molecule has 0 bridgehead atoms. The summed E-state index contributed by atoms with van der Waals surface area (Å²) in [6.45, 7) is 3.08. The van der Waals surface area contributed by atoms with Gasteiger partial charge < -0.3 is 19.5 Å². The van der Waals surface area contributed by atoms with E-state index in [1.165, 1.54) is 24.6 Å². The predicted molar refractivity (Wildman–Crippen MR) is 108 cm³/mol. The summed E-state index contributed by atoms with van der Waals surface area (Å²) >= 11 is 0. The van der Waals surface area contributed by atoms with Crippen LogP contribution in [-0.2, 0) is 14.8 Å². The fourth-order valence-electron chi connectivity index (χ4n) is 3.07. The summed E-state index contributed by atoms with van der Waals surface area (Å²) in [6, 6.07) is 9.68. The number of carbonyl (C=O) groups excluding carboxylic acids is 1. The average Bonchev–Trinajstić information content (AvgIpc) is 2.75. The van der Waals surface area contributed by atoms with Crippen LogP contribution in [0.15, 0.2) is 41.3 Å². The van der Waals surface area contributed by atoms with E-state index in [-0.39, 0.29) is 4.90 Å². The Balaban J connectivity index is 1.87. The van der Waals surface area contributed by atoms with Gasteiger partial charge in [0.2, 0.25) is 10.0 Å². The molecule has 1 heterocycles. The molecule has 1 N–H and O–H groups in total. The van der Waals surface area contributed by atoms with Crippen LogP contribution in [0.5, 0.6) is 11.5 Å². The van der Waals surface area contributed by atoms with Gasteiger partial charge in [-0.3, -0.25) is 4.79 Å². The lowest BCUT2D eigenvalue weighted by Crippen LogP contribution is -2.40. The highest BCUT2D eigenvalue weighted by Gasteiger charge is 2.28. The van der Waals surface area contributed by atoms with Gasteiger partial charge >= 0.3 is 0 Å². The number of nitrogens with one attached hydrogen (secondary N) is 1. The second-order valence-corrected chi connectivity index (χ2v) is 8.42. The molecule has 0 aliphatic carbocycles. The van der Waals surface area contributed by atoms with Gasteiger partial charge in [0.15, 0.2) is 0 Å². The van der Waals surface area contributed by atoms with Crippen molar-refractivity contribution < 1.29 is 27.4 Å². The standard InChI is InChI=1S/C20H24N2O6S/c1-14-4-5-15(12-19(14)29(24,25)22-8-10-28-11-9-22)21-20(23)17-7-6-16(26-2)13-18(17)27-3/h4-7,12-13H,8-11H2,1-3H3,(H,21,23). The maximum Gasteiger partial charge on any atom is 0.259 e. The zero-order chi connectivity index (χ0) is 21.0. The van der Waals surface area contributed by atoms with Gasteiger partial charge in [0.1, 0.15) is 11.5 Å². The molecule has 1 aliphatic heterocycles. The summed E-state index contributed by atoms with van der Waals surface area (Å²) in [4.78, 5) is 12.9. The first-order valence-corrected chi connectivity index (χ1v) is 10.5. The number of benzene rings is 2. The molecular weight excluding hydrogens is 396 g/mol. The Bertz CT molecular complexity index is 1000. The number of carbonyl (C=O) groups is 1. The first-order chi connectivity index (χ1) is 13.9. The maximum absolute atomic E-state index is 13.0.